The highest BCUT2D eigenvalue weighted by Gasteiger charge is 2.53. The average molecular weight is 227 g/mol. The van der Waals surface area contributed by atoms with Gasteiger partial charge in [0.15, 0.2) is 12.1 Å². The molecule has 0 aromatic heterocycles. The molecule has 0 spiro atoms. The summed E-state index contributed by atoms with van der Waals surface area (Å²) in [5.74, 6) is -0.518. The molecule has 2 aliphatic rings. The van der Waals surface area contributed by atoms with Crippen LogP contribution in [0.25, 0.3) is 10.4 Å². The van der Waals surface area contributed by atoms with Crippen molar-refractivity contribution in [3.63, 3.8) is 0 Å². The lowest BCUT2D eigenvalue weighted by molar-refractivity contribution is -0.209. The molecular weight excluding hydrogens is 210 g/mol. The Morgan fingerprint density at radius 3 is 2.75 bits per heavy atom. The fraction of sp³-hybridized carbons (Fsp3) is 1.00. The summed E-state index contributed by atoms with van der Waals surface area (Å²) < 4.78 is 17.2. The van der Waals surface area contributed by atoms with Crippen LogP contribution in [-0.4, -0.2) is 30.8 Å². The number of hydrogen-bond donors (Lipinski definition) is 0. The van der Waals surface area contributed by atoms with Crippen LogP contribution in [0.15, 0.2) is 5.11 Å². The highest BCUT2D eigenvalue weighted by atomic mass is 16.8. The maximum Gasteiger partial charge on any atom is 0.187 e. The summed E-state index contributed by atoms with van der Waals surface area (Å²) in [6.07, 6.45) is 0.479. The van der Waals surface area contributed by atoms with E-state index in [1.165, 1.54) is 0 Å². The molecule has 4 atom stereocenters. The number of nitrogens with zero attached hydrogens (tertiary/aromatic N) is 3. The summed E-state index contributed by atoms with van der Waals surface area (Å²) in [5.41, 5.74) is 8.37. The molecule has 6 heteroatoms. The molecule has 2 heterocycles. The van der Waals surface area contributed by atoms with Gasteiger partial charge in [-0.2, -0.15) is 0 Å². The molecule has 0 aromatic carbocycles. The predicted octanol–water partition coefficient (Wildman–Crippen LogP) is 2.20. The van der Waals surface area contributed by atoms with Gasteiger partial charge in [-0.25, -0.2) is 0 Å². The Morgan fingerprint density at radius 2 is 2.12 bits per heavy atom. The molecule has 2 aliphatic heterocycles. The molecule has 0 radical (unpaired) electrons. The SMILES string of the molecule is CC[C@H]1O[C@@H]2OC(C)(C)O[C@@H]2[C@@H]1CN=[N+]=[N-]. The predicted molar refractivity (Wildman–Crippen MR) is 56.5 cm³/mol. The van der Waals surface area contributed by atoms with E-state index in [4.69, 9.17) is 19.7 Å². The van der Waals surface area contributed by atoms with Crippen LogP contribution < -0.4 is 0 Å². The van der Waals surface area contributed by atoms with Crippen molar-refractivity contribution in [2.24, 2.45) is 11.0 Å². The first-order chi connectivity index (χ1) is 7.57. The maximum absolute atomic E-state index is 8.37. The Bertz CT molecular complexity index is 314. The van der Waals surface area contributed by atoms with E-state index in [1.807, 2.05) is 20.8 Å². The highest BCUT2D eigenvalue weighted by molar-refractivity contribution is 4.93. The van der Waals surface area contributed by atoms with Crippen molar-refractivity contribution in [2.75, 3.05) is 6.54 Å². The van der Waals surface area contributed by atoms with Crippen molar-refractivity contribution in [3.8, 4) is 0 Å². The van der Waals surface area contributed by atoms with Gasteiger partial charge in [0.05, 0.1) is 6.10 Å². The number of hydrogen-bond acceptors (Lipinski definition) is 4. The minimum atomic E-state index is -0.608. The second-order valence-corrected chi connectivity index (χ2v) is 4.63. The second kappa shape index (κ2) is 4.22. The van der Waals surface area contributed by atoms with Crippen molar-refractivity contribution >= 4 is 0 Å². The Kier molecular flexibility index (Phi) is 3.08. The van der Waals surface area contributed by atoms with Crippen LogP contribution in [0.5, 0.6) is 0 Å². The monoisotopic (exact) mass is 227 g/mol. The van der Waals surface area contributed by atoms with E-state index in [2.05, 4.69) is 10.0 Å². The molecule has 0 N–H and O–H groups in total. The molecule has 0 aliphatic carbocycles. The van der Waals surface area contributed by atoms with Gasteiger partial charge in [-0.1, -0.05) is 12.0 Å². The average Bonchev–Trinajstić information content (AvgIpc) is 2.67. The first-order valence-electron chi connectivity index (χ1n) is 5.59. The summed E-state index contributed by atoms with van der Waals surface area (Å²) >= 11 is 0. The lowest BCUT2D eigenvalue weighted by Gasteiger charge is -2.24. The number of fused-ring (bicyclic) bond motifs is 1. The van der Waals surface area contributed by atoms with Crippen molar-refractivity contribution in [1.29, 1.82) is 0 Å². The molecule has 0 bridgehead atoms. The normalized spacial score (nSPS) is 40.4. The molecule has 16 heavy (non-hydrogen) atoms. The standard InChI is InChI=1S/C10H17N3O3/c1-4-7-6(5-12-13-11)8-9(14-7)16-10(2,3)15-8/h6-9H,4-5H2,1-3H3/t6-,7-,8-,9-/m1/s1. The minimum absolute atomic E-state index is 0.0524. The van der Waals surface area contributed by atoms with E-state index in [0.717, 1.165) is 6.42 Å². The van der Waals surface area contributed by atoms with Crippen LogP contribution in [0.1, 0.15) is 27.2 Å². The summed E-state index contributed by atoms with van der Waals surface area (Å²) in [7, 11) is 0. The molecule has 90 valence electrons. The van der Waals surface area contributed by atoms with E-state index in [-0.39, 0.29) is 24.4 Å². The van der Waals surface area contributed by atoms with Crippen molar-refractivity contribution in [2.45, 2.75) is 51.5 Å². The van der Waals surface area contributed by atoms with Gasteiger partial charge in [0.2, 0.25) is 0 Å². The molecular formula is C10H17N3O3. The quantitative estimate of drug-likeness (QED) is 0.421. The smallest absolute Gasteiger partial charge is 0.187 e. The summed E-state index contributed by atoms with van der Waals surface area (Å²) in [5, 5.41) is 3.63. The maximum atomic E-state index is 8.37. The third kappa shape index (κ3) is 2.01. The van der Waals surface area contributed by atoms with Crippen molar-refractivity contribution in [1.82, 2.24) is 0 Å². The third-order valence-corrected chi connectivity index (χ3v) is 3.05. The highest BCUT2D eigenvalue weighted by Crippen LogP contribution is 2.41. The first kappa shape index (κ1) is 11.7. The van der Waals surface area contributed by atoms with Crippen LogP contribution in [0.4, 0.5) is 0 Å². The van der Waals surface area contributed by atoms with Crippen LogP contribution in [0.2, 0.25) is 0 Å². The Morgan fingerprint density at radius 1 is 1.38 bits per heavy atom. The lowest BCUT2D eigenvalue weighted by Crippen LogP contribution is -2.31. The topological polar surface area (TPSA) is 76.5 Å². The van der Waals surface area contributed by atoms with Gasteiger partial charge in [-0.15, -0.1) is 0 Å². The van der Waals surface area contributed by atoms with Gasteiger partial charge in [0.25, 0.3) is 0 Å². The van der Waals surface area contributed by atoms with E-state index < -0.39 is 5.79 Å². The largest absolute Gasteiger partial charge is 0.346 e. The molecule has 2 saturated heterocycles. The van der Waals surface area contributed by atoms with Crippen molar-refractivity contribution < 1.29 is 14.2 Å². The van der Waals surface area contributed by atoms with Gasteiger partial charge in [0.1, 0.15) is 6.10 Å². The minimum Gasteiger partial charge on any atom is -0.346 e. The van der Waals surface area contributed by atoms with Crippen LogP contribution in [0.3, 0.4) is 0 Å². The van der Waals surface area contributed by atoms with E-state index in [1.54, 1.807) is 0 Å². The zero-order valence-corrected chi connectivity index (χ0v) is 9.79. The van der Waals surface area contributed by atoms with Gasteiger partial charge >= 0.3 is 0 Å². The summed E-state index contributed by atoms with van der Waals surface area (Å²) in [6, 6.07) is 0. The van der Waals surface area contributed by atoms with Gasteiger partial charge in [-0.3, -0.25) is 0 Å². The Hall–Kier alpha value is -0.810. The number of azide groups is 1. The Labute approximate surface area is 94.5 Å². The van der Waals surface area contributed by atoms with E-state index in [0.29, 0.717) is 6.54 Å². The molecule has 0 aromatic rings. The number of rotatable bonds is 3. The van der Waals surface area contributed by atoms with Gasteiger partial charge in [-0.05, 0) is 25.8 Å². The van der Waals surface area contributed by atoms with Gasteiger partial charge in [0, 0.05) is 17.4 Å². The lowest BCUT2D eigenvalue weighted by atomic mass is 9.97. The van der Waals surface area contributed by atoms with E-state index in [9.17, 15) is 0 Å². The molecule has 2 rings (SSSR count). The second-order valence-electron chi connectivity index (χ2n) is 4.63. The van der Waals surface area contributed by atoms with Crippen molar-refractivity contribution in [3.05, 3.63) is 10.4 Å². The molecule has 0 saturated carbocycles. The first-order valence-corrected chi connectivity index (χ1v) is 5.59. The van der Waals surface area contributed by atoms with E-state index >= 15 is 0 Å². The number of ether oxygens (including phenoxy) is 3. The summed E-state index contributed by atoms with van der Waals surface area (Å²) in [6.45, 7) is 6.16. The molecule has 2 fully saturated rings. The Balaban J connectivity index is 2.10. The zero-order valence-electron chi connectivity index (χ0n) is 9.79. The summed E-state index contributed by atoms with van der Waals surface area (Å²) in [4.78, 5) is 2.79. The third-order valence-electron chi connectivity index (χ3n) is 3.05. The fourth-order valence-corrected chi connectivity index (χ4v) is 2.39. The molecule has 0 amide bonds. The molecule has 0 unspecified atom stereocenters. The zero-order chi connectivity index (χ0) is 11.8. The van der Waals surface area contributed by atoms with Gasteiger partial charge < -0.3 is 14.2 Å². The van der Waals surface area contributed by atoms with Crippen LogP contribution >= 0.6 is 0 Å². The molecule has 6 nitrogen and oxygen atoms in total. The van der Waals surface area contributed by atoms with Crippen LogP contribution in [-0.2, 0) is 14.2 Å². The van der Waals surface area contributed by atoms with Crippen LogP contribution in [0, 0.1) is 5.92 Å². The fourth-order valence-electron chi connectivity index (χ4n) is 2.39.